The molecule has 3 aromatic rings. The number of hydrogen-bond donors (Lipinski definition) is 0. The van der Waals surface area contributed by atoms with E-state index in [1.807, 2.05) is 46.4 Å². The van der Waals surface area contributed by atoms with E-state index in [0.717, 1.165) is 49.0 Å². The molecule has 3 heterocycles. The standard InChI is InChI=1S/C20H21N5O/c1-2-24-16-9-6-5-8-14(16)12-17(24)19(26)15(13-21)20-23-22-18-10-4-3-7-11-25(18)20/h5-6,8-9,12,15H,2-4,7,10-11H2,1H3/t15-/m1/s1. The topological polar surface area (TPSA) is 76.5 Å². The molecule has 1 atom stereocenters. The molecule has 0 saturated heterocycles. The van der Waals surface area contributed by atoms with E-state index in [2.05, 4.69) is 16.3 Å². The Bertz CT molecular complexity index is 1010. The maximum atomic E-state index is 13.3. The molecule has 132 valence electrons. The molecule has 6 heteroatoms. The third-order valence-corrected chi connectivity index (χ3v) is 5.17. The van der Waals surface area contributed by atoms with E-state index in [-0.39, 0.29) is 5.78 Å². The number of carbonyl (C=O) groups excluding carboxylic acids is 1. The molecule has 0 radical (unpaired) electrons. The Labute approximate surface area is 152 Å². The molecule has 0 unspecified atom stereocenters. The molecule has 1 aliphatic heterocycles. The van der Waals surface area contributed by atoms with Gasteiger partial charge in [0.05, 0.1) is 11.8 Å². The summed E-state index contributed by atoms with van der Waals surface area (Å²) in [4.78, 5) is 13.3. The van der Waals surface area contributed by atoms with Crippen molar-refractivity contribution < 1.29 is 4.79 Å². The minimum atomic E-state index is -0.927. The molecule has 6 nitrogen and oxygen atoms in total. The SMILES string of the molecule is CCn1c(C(=O)[C@@H](C#N)c2nnc3n2CCCCC3)cc2ccccc21. The van der Waals surface area contributed by atoms with E-state index in [0.29, 0.717) is 18.1 Å². The highest BCUT2D eigenvalue weighted by molar-refractivity contribution is 6.04. The summed E-state index contributed by atoms with van der Waals surface area (Å²) in [5.74, 6) is 0.248. The Morgan fingerprint density at radius 1 is 1.27 bits per heavy atom. The molecule has 0 aliphatic carbocycles. The minimum Gasteiger partial charge on any atom is -0.338 e. The predicted molar refractivity (Wildman–Crippen MR) is 97.9 cm³/mol. The van der Waals surface area contributed by atoms with Gasteiger partial charge in [0.15, 0.2) is 11.7 Å². The van der Waals surface area contributed by atoms with Gasteiger partial charge in [-0.25, -0.2) is 0 Å². The molecule has 1 aromatic carbocycles. The monoisotopic (exact) mass is 347 g/mol. The van der Waals surface area contributed by atoms with Crippen LogP contribution in [0.4, 0.5) is 0 Å². The van der Waals surface area contributed by atoms with Gasteiger partial charge in [-0.2, -0.15) is 5.26 Å². The Hall–Kier alpha value is -2.94. The lowest BCUT2D eigenvalue weighted by Crippen LogP contribution is -2.20. The lowest BCUT2D eigenvalue weighted by Gasteiger charge is -2.12. The summed E-state index contributed by atoms with van der Waals surface area (Å²) in [7, 11) is 0. The van der Waals surface area contributed by atoms with Gasteiger partial charge >= 0.3 is 0 Å². The van der Waals surface area contributed by atoms with Crippen molar-refractivity contribution in [3.05, 3.63) is 47.7 Å². The number of hydrogen-bond acceptors (Lipinski definition) is 4. The third kappa shape index (κ3) is 2.60. The first-order valence-corrected chi connectivity index (χ1v) is 9.18. The Kier molecular flexibility index (Phi) is 4.29. The van der Waals surface area contributed by atoms with Gasteiger partial charge in [0.25, 0.3) is 0 Å². The summed E-state index contributed by atoms with van der Waals surface area (Å²) in [5, 5.41) is 19.3. The Balaban J connectivity index is 1.78. The molecule has 0 amide bonds. The maximum Gasteiger partial charge on any atom is 0.204 e. The number of benzene rings is 1. The number of aryl methyl sites for hydroxylation is 2. The zero-order valence-corrected chi connectivity index (χ0v) is 14.9. The first-order valence-electron chi connectivity index (χ1n) is 9.18. The first kappa shape index (κ1) is 16.5. The molecule has 0 spiro atoms. The number of ketones is 1. The van der Waals surface area contributed by atoms with Crippen molar-refractivity contribution in [2.75, 3.05) is 0 Å². The fourth-order valence-electron chi connectivity index (χ4n) is 3.86. The van der Waals surface area contributed by atoms with E-state index >= 15 is 0 Å². The quantitative estimate of drug-likeness (QED) is 0.677. The Morgan fingerprint density at radius 3 is 2.92 bits per heavy atom. The van der Waals surface area contributed by atoms with Crippen molar-refractivity contribution >= 4 is 16.7 Å². The number of carbonyl (C=O) groups is 1. The highest BCUT2D eigenvalue weighted by Crippen LogP contribution is 2.27. The van der Waals surface area contributed by atoms with Crippen LogP contribution in [0, 0.1) is 11.3 Å². The number of aromatic nitrogens is 4. The van der Waals surface area contributed by atoms with Crippen molar-refractivity contribution in [2.24, 2.45) is 0 Å². The van der Waals surface area contributed by atoms with Gasteiger partial charge in [0, 0.05) is 30.4 Å². The van der Waals surface area contributed by atoms with Crippen molar-refractivity contribution in [2.45, 2.75) is 51.6 Å². The van der Waals surface area contributed by atoms with E-state index < -0.39 is 5.92 Å². The molecule has 0 saturated carbocycles. The van der Waals surface area contributed by atoms with Gasteiger partial charge in [-0.05, 0) is 31.9 Å². The fourth-order valence-corrected chi connectivity index (χ4v) is 3.86. The maximum absolute atomic E-state index is 13.3. The lowest BCUT2D eigenvalue weighted by molar-refractivity contribution is 0.0966. The molecule has 4 rings (SSSR count). The predicted octanol–water partition coefficient (Wildman–Crippen LogP) is 3.47. The highest BCUT2D eigenvalue weighted by Gasteiger charge is 2.31. The van der Waals surface area contributed by atoms with Gasteiger partial charge in [-0.1, -0.05) is 24.6 Å². The minimum absolute atomic E-state index is 0.204. The van der Waals surface area contributed by atoms with Crippen LogP contribution in [0.2, 0.25) is 0 Å². The van der Waals surface area contributed by atoms with E-state index in [1.54, 1.807) is 0 Å². The number of para-hydroxylation sites is 1. The number of Topliss-reactive ketones (excluding diaryl/α,β-unsaturated/α-hetero) is 1. The number of nitrogens with zero attached hydrogens (tertiary/aromatic N) is 5. The second kappa shape index (κ2) is 6.75. The zero-order valence-electron chi connectivity index (χ0n) is 14.9. The van der Waals surface area contributed by atoms with Crippen LogP contribution in [-0.2, 0) is 19.5 Å². The second-order valence-corrected chi connectivity index (χ2v) is 6.70. The third-order valence-electron chi connectivity index (χ3n) is 5.17. The van der Waals surface area contributed by atoms with Crippen molar-refractivity contribution in [3.63, 3.8) is 0 Å². The Morgan fingerprint density at radius 2 is 2.12 bits per heavy atom. The van der Waals surface area contributed by atoms with Gasteiger partial charge in [-0.3, -0.25) is 4.79 Å². The summed E-state index contributed by atoms with van der Waals surface area (Å²) >= 11 is 0. The molecular weight excluding hydrogens is 326 g/mol. The van der Waals surface area contributed by atoms with Crippen LogP contribution in [-0.4, -0.2) is 25.1 Å². The average molecular weight is 347 g/mol. The van der Waals surface area contributed by atoms with Crippen LogP contribution < -0.4 is 0 Å². The molecule has 0 bridgehead atoms. The molecule has 26 heavy (non-hydrogen) atoms. The fraction of sp³-hybridized carbons (Fsp3) is 0.400. The van der Waals surface area contributed by atoms with E-state index in [9.17, 15) is 10.1 Å². The van der Waals surface area contributed by atoms with Gasteiger partial charge < -0.3 is 9.13 Å². The van der Waals surface area contributed by atoms with E-state index in [4.69, 9.17) is 0 Å². The molecule has 0 fully saturated rings. The van der Waals surface area contributed by atoms with Gasteiger partial charge in [0.2, 0.25) is 5.78 Å². The molecule has 1 aliphatic rings. The van der Waals surface area contributed by atoms with Crippen molar-refractivity contribution in [1.82, 2.24) is 19.3 Å². The van der Waals surface area contributed by atoms with E-state index in [1.165, 1.54) is 0 Å². The summed E-state index contributed by atoms with van der Waals surface area (Å²) in [6.45, 7) is 3.46. The van der Waals surface area contributed by atoms with Gasteiger partial charge in [0.1, 0.15) is 5.82 Å². The first-order chi connectivity index (χ1) is 12.7. The van der Waals surface area contributed by atoms with Crippen LogP contribution in [0.5, 0.6) is 0 Å². The second-order valence-electron chi connectivity index (χ2n) is 6.70. The number of fused-ring (bicyclic) bond motifs is 2. The zero-order chi connectivity index (χ0) is 18.1. The number of nitriles is 1. The summed E-state index contributed by atoms with van der Waals surface area (Å²) in [6, 6.07) is 12.0. The smallest absolute Gasteiger partial charge is 0.204 e. The normalized spacial score (nSPS) is 15.2. The van der Waals surface area contributed by atoms with Gasteiger partial charge in [-0.15, -0.1) is 10.2 Å². The molecule has 2 aromatic heterocycles. The highest BCUT2D eigenvalue weighted by atomic mass is 16.1. The molecule has 0 N–H and O–H groups in total. The largest absolute Gasteiger partial charge is 0.338 e. The number of rotatable bonds is 4. The van der Waals surface area contributed by atoms with Crippen LogP contribution in [0.1, 0.15) is 54.2 Å². The van der Waals surface area contributed by atoms with Crippen LogP contribution in [0.3, 0.4) is 0 Å². The summed E-state index contributed by atoms with van der Waals surface area (Å²) in [5.41, 5.74) is 1.57. The van der Waals surface area contributed by atoms with Crippen LogP contribution >= 0.6 is 0 Å². The van der Waals surface area contributed by atoms with Crippen molar-refractivity contribution in [1.29, 1.82) is 5.26 Å². The van der Waals surface area contributed by atoms with Crippen molar-refractivity contribution in [3.8, 4) is 6.07 Å². The summed E-state index contributed by atoms with van der Waals surface area (Å²) < 4.78 is 3.96. The lowest BCUT2D eigenvalue weighted by atomic mass is 10.0. The average Bonchev–Trinajstić information content (AvgIpc) is 3.15. The molecular formula is C20H21N5O. The summed E-state index contributed by atoms with van der Waals surface area (Å²) in [6.07, 6.45) is 4.10. The van der Waals surface area contributed by atoms with Crippen LogP contribution in [0.15, 0.2) is 30.3 Å². The van der Waals surface area contributed by atoms with Crippen LogP contribution in [0.25, 0.3) is 10.9 Å².